The Bertz CT molecular complexity index is 1390. The second kappa shape index (κ2) is 14.7. The van der Waals surface area contributed by atoms with Crippen molar-refractivity contribution in [2.45, 2.75) is 124 Å². The molecule has 2 aliphatic rings. The van der Waals surface area contributed by atoms with Crippen LogP contribution in [0, 0.1) is 24.2 Å². The third-order valence-corrected chi connectivity index (χ3v) is 10.3. The Morgan fingerprint density at radius 2 is 1.78 bits per heavy atom. The van der Waals surface area contributed by atoms with E-state index in [9.17, 15) is 19.8 Å². The summed E-state index contributed by atoms with van der Waals surface area (Å²) in [5.74, 6) is -0.735. The lowest BCUT2D eigenvalue weighted by atomic mass is 9.73. The van der Waals surface area contributed by atoms with Gasteiger partial charge in [-0.1, -0.05) is 60.1 Å². The Kier molecular flexibility index (Phi) is 11.4. The van der Waals surface area contributed by atoms with Crippen LogP contribution >= 0.6 is 11.3 Å². The number of ether oxygens (including phenoxy) is 2. The van der Waals surface area contributed by atoms with Crippen molar-refractivity contribution >= 4 is 35.1 Å². The molecule has 0 saturated carbocycles. The number of aromatic nitrogens is 1. The van der Waals surface area contributed by atoms with Gasteiger partial charge in [-0.05, 0) is 67.9 Å². The molecular formula is C36H50N2O6S. The SMILES string of the molecule is C/C(=C\c1csc(C)n1)[C@@H]1C[C@@H]2OC(c3ccc(C(C)C)cc3)=N[C@H]2CCC[C@H](C)[C@H](O)[C@@H](C)C(=O)C(C)(C)[C@@H](O)CC(=O)O1. The first kappa shape index (κ1) is 35.0. The molecule has 7 atom stereocenters. The van der Waals surface area contributed by atoms with Crippen LogP contribution in [-0.2, 0) is 19.1 Å². The number of carbonyl (C=O) groups excluding carboxylic acids is 2. The summed E-state index contributed by atoms with van der Waals surface area (Å²) in [5, 5.41) is 25.1. The molecule has 0 aliphatic carbocycles. The molecule has 1 fully saturated rings. The first-order valence-corrected chi connectivity index (χ1v) is 17.1. The summed E-state index contributed by atoms with van der Waals surface area (Å²) in [6, 6.07) is 8.09. The topological polar surface area (TPSA) is 118 Å². The number of thiazole rings is 1. The number of aliphatic imine (C=N–C) groups is 1. The maximum Gasteiger partial charge on any atom is 0.309 e. The lowest BCUT2D eigenvalue weighted by molar-refractivity contribution is -0.155. The molecule has 2 aromatic rings. The molecule has 4 rings (SSSR count). The highest BCUT2D eigenvalue weighted by Gasteiger charge is 2.43. The van der Waals surface area contributed by atoms with Crippen LogP contribution in [0.25, 0.3) is 6.08 Å². The number of nitrogens with zero attached hydrogens (tertiary/aromatic N) is 2. The summed E-state index contributed by atoms with van der Waals surface area (Å²) < 4.78 is 12.6. The highest BCUT2D eigenvalue weighted by molar-refractivity contribution is 7.09. The predicted molar refractivity (Wildman–Crippen MR) is 178 cm³/mol. The standard InChI is InChI=1S/C36H50N2O6S/c1-20(2)25-12-14-26(15-13-25)35-38-28-11-9-10-21(3)33(41)23(5)34(42)36(7,8)31(39)18-32(40)43-29(17-30(28)44-35)22(4)16-27-19-45-24(6)37-27/h12-16,19-21,23,28-31,33,39,41H,9-11,17-18H2,1-8H3/b22-16+/t21-,23+,28-,29-,30-,31-,33-/m0/s1. The molecule has 0 amide bonds. The largest absolute Gasteiger partial charge is 0.472 e. The number of fused-ring (bicyclic) bond motifs is 1. The molecule has 0 spiro atoms. The maximum absolute atomic E-state index is 13.5. The Labute approximate surface area is 272 Å². The number of aliphatic hydroxyl groups excluding tert-OH is 2. The van der Waals surface area contributed by atoms with Gasteiger partial charge < -0.3 is 19.7 Å². The van der Waals surface area contributed by atoms with Crippen molar-refractivity contribution < 1.29 is 29.3 Å². The summed E-state index contributed by atoms with van der Waals surface area (Å²) in [6.07, 6.45) is 0.991. The van der Waals surface area contributed by atoms with E-state index in [-0.39, 0.29) is 30.3 Å². The summed E-state index contributed by atoms with van der Waals surface area (Å²) in [5.41, 5.74) is 2.48. The van der Waals surface area contributed by atoms with Crippen molar-refractivity contribution in [2.75, 3.05) is 0 Å². The molecule has 45 heavy (non-hydrogen) atoms. The molecule has 1 saturated heterocycles. The van der Waals surface area contributed by atoms with Crippen molar-refractivity contribution in [3.63, 3.8) is 0 Å². The third kappa shape index (κ3) is 8.48. The zero-order valence-electron chi connectivity index (χ0n) is 27.9. The molecule has 9 heteroatoms. The van der Waals surface area contributed by atoms with Crippen LogP contribution in [-0.4, -0.2) is 63.3 Å². The lowest BCUT2D eigenvalue weighted by Crippen LogP contribution is -2.46. The van der Waals surface area contributed by atoms with Crippen LogP contribution in [0.5, 0.6) is 0 Å². The minimum Gasteiger partial charge on any atom is -0.472 e. The number of cyclic esters (lactones) is 1. The Morgan fingerprint density at radius 1 is 1.09 bits per heavy atom. The van der Waals surface area contributed by atoms with Gasteiger partial charge in [0.1, 0.15) is 18.0 Å². The Balaban J connectivity index is 1.67. The van der Waals surface area contributed by atoms with E-state index < -0.39 is 35.6 Å². The zero-order chi connectivity index (χ0) is 33.1. The minimum atomic E-state index is -1.28. The van der Waals surface area contributed by atoms with Gasteiger partial charge >= 0.3 is 5.97 Å². The van der Waals surface area contributed by atoms with Gasteiger partial charge in [-0.15, -0.1) is 11.3 Å². The normalized spacial score (nSPS) is 30.4. The zero-order valence-corrected chi connectivity index (χ0v) is 28.8. The van der Waals surface area contributed by atoms with Crippen LogP contribution < -0.4 is 0 Å². The number of rotatable bonds is 4. The number of esters is 1. The van der Waals surface area contributed by atoms with E-state index in [1.807, 2.05) is 44.4 Å². The average molecular weight is 639 g/mol. The molecule has 0 unspecified atom stereocenters. The van der Waals surface area contributed by atoms with Crippen molar-refractivity contribution in [3.8, 4) is 0 Å². The number of hydrogen-bond donors (Lipinski definition) is 2. The highest BCUT2D eigenvalue weighted by atomic mass is 32.1. The van der Waals surface area contributed by atoms with E-state index in [0.29, 0.717) is 24.7 Å². The van der Waals surface area contributed by atoms with Gasteiger partial charge in [-0.25, -0.2) is 9.98 Å². The molecule has 3 heterocycles. The fourth-order valence-electron chi connectivity index (χ4n) is 6.24. The Hall–Kier alpha value is -2.88. The van der Waals surface area contributed by atoms with Crippen molar-refractivity contribution in [3.05, 3.63) is 57.0 Å². The Morgan fingerprint density at radius 3 is 2.40 bits per heavy atom. The van der Waals surface area contributed by atoms with Gasteiger partial charge in [0.05, 0.1) is 40.8 Å². The van der Waals surface area contributed by atoms with E-state index in [1.165, 1.54) is 5.56 Å². The molecule has 1 aromatic heterocycles. The van der Waals surface area contributed by atoms with Gasteiger partial charge in [0.2, 0.25) is 5.90 Å². The molecular weight excluding hydrogens is 588 g/mol. The van der Waals surface area contributed by atoms with E-state index in [2.05, 4.69) is 31.0 Å². The molecule has 2 N–H and O–H groups in total. The van der Waals surface area contributed by atoms with E-state index in [0.717, 1.165) is 34.7 Å². The summed E-state index contributed by atoms with van der Waals surface area (Å²) in [6.45, 7) is 15.1. The van der Waals surface area contributed by atoms with E-state index >= 15 is 0 Å². The highest BCUT2D eigenvalue weighted by Crippen LogP contribution is 2.34. The number of ketones is 1. The number of aryl methyl sites for hydroxylation is 1. The van der Waals surface area contributed by atoms with Gasteiger partial charge in [0.25, 0.3) is 0 Å². The van der Waals surface area contributed by atoms with Crippen LogP contribution in [0.1, 0.15) is 108 Å². The number of benzene rings is 1. The monoisotopic (exact) mass is 638 g/mol. The average Bonchev–Trinajstić information content (AvgIpc) is 3.59. The smallest absolute Gasteiger partial charge is 0.309 e. The molecule has 0 radical (unpaired) electrons. The minimum absolute atomic E-state index is 0.137. The quantitative estimate of drug-likeness (QED) is 0.360. The lowest BCUT2D eigenvalue weighted by Gasteiger charge is -2.34. The summed E-state index contributed by atoms with van der Waals surface area (Å²) >= 11 is 1.55. The second-order valence-electron chi connectivity index (χ2n) is 13.8. The van der Waals surface area contributed by atoms with Crippen LogP contribution in [0.4, 0.5) is 0 Å². The van der Waals surface area contributed by atoms with Crippen molar-refractivity contribution in [2.24, 2.45) is 22.2 Å². The first-order chi connectivity index (χ1) is 21.2. The van der Waals surface area contributed by atoms with Gasteiger partial charge in [-0.2, -0.15) is 0 Å². The van der Waals surface area contributed by atoms with Gasteiger partial charge in [0, 0.05) is 23.3 Å². The van der Waals surface area contributed by atoms with E-state index in [1.54, 1.807) is 32.1 Å². The second-order valence-corrected chi connectivity index (χ2v) is 14.9. The van der Waals surface area contributed by atoms with Crippen molar-refractivity contribution in [1.29, 1.82) is 0 Å². The maximum atomic E-state index is 13.5. The molecule has 2 aliphatic heterocycles. The molecule has 1 aromatic carbocycles. The number of carbonyl (C=O) groups is 2. The fourth-order valence-corrected chi connectivity index (χ4v) is 6.81. The third-order valence-electron chi connectivity index (χ3n) is 9.54. The van der Waals surface area contributed by atoms with Crippen molar-refractivity contribution in [1.82, 2.24) is 4.98 Å². The predicted octanol–water partition coefficient (Wildman–Crippen LogP) is 6.66. The van der Waals surface area contributed by atoms with Crippen LogP contribution in [0.15, 0.2) is 40.2 Å². The van der Waals surface area contributed by atoms with Gasteiger partial charge in [0.15, 0.2) is 0 Å². The van der Waals surface area contributed by atoms with E-state index in [4.69, 9.17) is 14.5 Å². The first-order valence-electron chi connectivity index (χ1n) is 16.2. The molecule has 246 valence electrons. The number of Topliss-reactive ketones (excluding diaryl/α,β-unsaturated/α-hetero) is 1. The number of aliphatic hydroxyl groups is 2. The summed E-state index contributed by atoms with van der Waals surface area (Å²) in [7, 11) is 0. The van der Waals surface area contributed by atoms with Crippen LogP contribution in [0.2, 0.25) is 0 Å². The molecule has 0 bridgehead atoms. The number of hydrogen-bond acceptors (Lipinski definition) is 9. The van der Waals surface area contributed by atoms with Gasteiger partial charge in [-0.3, -0.25) is 9.59 Å². The fraction of sp³-hybridized carbons (Fsp3) is 0.611. The summed E-state index contributed by atoms with van der Waals surface area (Å²) in [4.78, 5) is 36.4. The molecule has 8 nitrogen and oxygen atoms in total. The van der Waals surface area contributed by atoms with Crippen LogP contribution in [0.3, 0.4) is 0 Å².